The van der Waals surface area contributed by atoms with Crippen LogP contribution in [-0.4, -0.2) is 51.8 Å². The highest BCUT2D eigenvalue weighted by Crippen LogP contribution is 2.36. The number of urea groups is 1. The van der Waals surface area contributed by atoms with Crippen molar-refractivity contribution in [3.8, 4) is 5.75 Å². The maximum atomic E-state index is 14.5. The Morgan fingerprint density at radius 2 is 1.97 bits per heavy atom. The molecule has 11 nitrogen and oxygen atoms in total. The summed E-state index contributed by atoms with van der Waals surface area (Å²) in [5.41, 5.74) is -0.185. The van der Waals surface area contributed by atoms with Gasteiger partial charge in [0.1, 0.15) is 16.9 Å². The fraction of sp³-hybridized carbons (Fsp3) is 0.333. The predicted octanol–water partition coefficient (Wildman–Crippen LogP) is 2.80. The molecule has 1 unspecified atom stereocenters. The Morgan fingerprint density at radius 3 is 2.68 bits per heavy atom. The van der Waals surface area contributed by atoms with E-state index in [0.29, 0.717) is 16.3 Å². The Hall–Kier alpha value is -4.20. The van der Waals surface area contributed by atoms with Crippen LogP contribution in [0.5, 0.6) is 5.75 Å². The summed E-state index contributed by atoms with van der Waals surface area (Å²) in [6, 6.07) is 2.84. The maximum absolute atomic E-state index is 14.5. The molecule has 0 spiro atoms. The summed E-state index contributed by atoms with van der Waals surface area (Å²) in [6.45, 7) is 3.37. The van der Waals surface area contributed by atoms with Crippen LogP contribution < -0.4 is 20.7 Å². The number of benzene rings is 1. The first kappa shape index (κ1) is 25.4. The number of rotatable bonds is 5. The van der Waals surface area contributed by atoms with Gasteiger partial charge >= 0.3 is 6.03 Å². The second-order valence-corrected chi connectivity index (χ2v) is 10.4. The van der Waals surface area contributed by atoms with Gasteiger partial charge in [-0.2, -0.15) is 4.39 Å². The summed E-state index contributed by atoms with van der Waals surface area (Å²) in [5.74, 6) is -3.59. The zero-order valence-corrected chi connectivity index (χ0v) is 21.3. The monoisotopic (exact) mass is 544 g/mol. The number of amides is 5. The molecule has 2 aliphatic rings. The number of ether oxygens (including phenoxy) is 1. The second-order valence-electron chi connectivity index (χ2n) is 9.37. The lowest BCUT2D eigenvalue weighted by Gasteiger charge is -2.29. The van der Waals surface area contributed by atoms with Gasteiger partial charge in [-0.1, -0.05) is 0 Å². The van der Waals surface area contributed by atoms with Crippen LogP contribution in [0, 0.1) is 11.6 Å². The number of imide groups is 1. The molecule has 38 heavy (non-hydrogen) atoms. The molecule has 1 aromatic carbocycles. The zero-order chi connectivity index (χ0) is 27.4. The topological polar surface area (TPSA) is 143 Å². The largest absolute Gasteiger partial charge is 0.493 e. The Balaban J connectivity index is 1.29. The quantitative estimate of drug-likeness (QED) is 0.419. The molecule has 2 aromatic heterocycles. The first-order valence-electron chi connectivity index (χ1n) is 11.5. The summed E-state index contributed by atoms with van der Waals surface area (Å²) in [6.07, 6.45) is 0.360. The van der Waals surface area contributed by atoms with Crippen LogP contribution in [0.3, 0.4) is 0 Å². The number of pyridine rings is 1. The molecule has 1 fully saturated rings. The third-order valence-corrected chi connectivity index (χ3v) is 7.71. The first-order valence-corrected chi connectivity index (χ1v) is 12.4. The van der Waals surface area contributed by atoms with E-state index < -0.39 is 35.2 Å². The van der Waals surface area contributed by atoms with Crippen molar-refractivity contribution in [1.29, 1.82) is 0 Å². The summed E-state index contributed by atoms with van der Waals surface area (Å²) in [4.78, 5) is 59.3. The maximum Gasteiger partial charge on any atom is 0.321 e. The molecule has 3 N–H and O–H groups in total. The smallest absolute Gasteiger partial charge is 0.321 e. The van der Waals surface area contributed by atoms with Crippen molar-refractivity contribution in [2.24, 2.45) is 0 Å². The van der Waals surface area contributed by atoms with Crippen LogP contribution in [-0.2, 0) is 21.7 Å². The highest BCUT2D eigenvalue weighted by molar-refractivity contribution is 7.18. The highest BCUT2D eigenvalue weighted by Gasteiger charge is 2.40. The number of anilines is 1. The van der Waals surface area contributed by atoms with E-state index in [1.165, 1.54) is 30.2 Å². The van der Waals surface area contributed by atoms with Crippen molar-refractivity contribution in [3.05, 3.63) is 46.1 Å². The summed E-state index contributed by atoms with van der Waals surface area (Å²) < 4.78 is 33.4. The Kier molecular flexibility index (Phi) is 6.21. The third-order valence-electron chi connectivity index (χ3n) is 6.32. The first-order chi connectivity index (χ1) is 18.0. The van der Waals surface area contributed by atoms with Crippen molar-refractivity contribution >= 4 is 51.1 Å². The van der Waals surface area contributed by atoms with Gasteiger partial charge in [-0.05, 0) is 32.4 Å². The van der Waals surface area contributed by atoms with Crippen LogP contribution in [0.4, 0.5) is 19.4 Å². The summed E-state index contributed by atoms with van der Waals surface area (Å²) in [7, 11) is 1.22. The van der Waals surface area contributed by atoms with Gasteiger partial charge in [0.25, 0.3) is 5.91 Å². The molecule has 14 heteroatoms. The minimum Gasteiger partial charge on any atom is -0.493 e. The number of fused-ring (bicyclic) bond motifs is 2. The lowest BCUT2D eigenvalue weighted by molar-refractivity contribution is -0.136. The molecule has 198 valence electrons. The van der Waals surface area contributed by atoms with Crippen molar-refractivity contribution in [2.75, 3.05) is 12.4 Å². The number of hydrogen-bond donors (Lipinski definition) is 3. The summed E-state index contributed by atoms with van der Waals surface area (Å²) in [5, 5.41) is 7.92. The number of nitrogens with zero attached hydrogens (tertiary/aromatic N) is 3. The van der Waals surface area contributed by atoms with Crippen LogP contribution in [0.1, 0.15) is 47.7 Å². The second kappa shape index (κ2) is 9.28. The molecule has 2 aliphatic heterocycles. The number of hydrogen-bond acceptors (Lipinski definition) is 8. The molecule has 3 aromatic rings. The molecule has 5 amide bonds. The van der Waals surface area contributed by atoms with E-state index in [1.54, 1.807) is 13.8 Å². The van der Waals surface area contributed by atoms with E-state index in [-0.39, 0.29) is 53.0 Å². The molecule has 1 saturated heterocycles. The molecule has 0 bridgehead atoms. The zero-order valence-electron chi connectivity index (χ0n) is 20.5. The molecule has 0 radical (unpaired) electrons. The van der Waals surface area contributed by atoms with E-state index in [1.807, 2.05) is 0 Å². The lowest BCUT2D eigenvalue weighted by Crippen LogP contribution is -2.52. The van der Waals surface area contributed by atoms with Gasteiger partial charge in [-0.3, -0.25) is 25.0 Å². The molecule has 1 atom stereocenters. The van der Waals surface area contributed by atoms with Crippen LogP contribution >= 0.6 is 11.3 Å². The fourth-order valence-corrected chi connectivity index (χ4v) is 5.42. The average molecular weight is 545 g/mol. The minimum atomic E-state index is -1.11. The van der Waals surface area contributed by atoms with Crippen molar-refractivity contribution in [1.82, 2.24) is 25.5 Å². The number of aromatic nitrogens is 2. The summed E-state index contributed by atoms with van der Waals surface area (Å²) >= 11 is 0.907. The number of halogens is 2. The van der Waals surface area contributed by atoms with E-state index >= 15 is 0 Å². The van der Waals surface area contributed by atoms with E-state index in [4.69, 9.17) is 4.74 Å². The SMILES string of the molecule is COc1cc2nc(C(C)(C)NC(=O)Nc3ccc4c(n3)CN(C3CCC(=O)NC3=O)C4=O)sc2c(F)c1F. The Bertz CT molecular complexity index is 1520. The van der Waals surface area contributed by atoms with Gasteiger partial charge in [0, 0.05) is 12.5 Å². The van der Waals surface area contributed by atoms with E-state index in [0.717, 1.165) is 11.3 Å². The van der Waals surface area contributed by atoms with Crippen LogP contribution in [0.25, 0.3) is 10.2 Å². The molecule has 4 heterocycles. The standard InChI is InChI=1S/C24H22F2N6O5S/c1-24(2,22-28-11-8-14(37-3)17(25)18(26)19(11)38-22)31-23(36)29-15-6-4-10-12(27-15)9-32(21(10)35)13-5-7-16(33)30-20(13)34/h4,6,8,13H,5,7,9H2,1-3H3,(H,30,33,34)(H2,27,29,31,36). The average Bonchev–Trinajstić information content (AvgIpc) is 3.43. The third kappa shape index (κ3) is 4.40. The Morgan fingerprint density at radius 1 is 1.21 bits per heavy atom. The number of methoxy groups -OCH3 is 1. The van der Waals surface area contributed by atoms with E-state index in [9.17, 15) is 28.0 Å². The van der Waals surface area contributed by atoms with Gasteiger partial charge in [0.05, 0.1) is 40.7 Å². The predicted molar refractivity (Wildman–Crippen MR) is 132 cm³/mol. The van der Waals surface area contributed by atoms with Gasteiger partial charge in [-0.15, -0.1) is 11.3 Å². The van der Waals surface area contributed by atoms with Crippen molar-refractivity contribution in [3.63, 3.8) is 0 Å². The fourth-order valence-electron chi connectivity index (χ4n) is 4.39. The number of nitrogens with one attached hydrogen (secondary N) is 3. The number of carbonyl (C=O) groups is 4. The number of carbonyl (C=O) groups excluding carboxylic acids is 4. The van der Waals surface area contributed by atoms with Gasteiger partial charge < -0.3 is 15.0 Å². The molecular formula is C24H22F2N6O5S. The number of piperidine rings is 1. The molecule has 0 saturated carbocycles. The van der Waals surface area contributed by atoms with E-state index in [2.05, 4.69) is 25.9 Å². The van der Waals surface area contributed by atoms with Gasteiger partial charge in [-0.25, -0.2) is 19.2 Å². The number of thiazole rings is 1. The van der Waals surface area contributed by atoms with Crippen molar-refractivity contribution in [2.45, 2.75) is 44.8 Å². The lowest BCUT2D eigenvalue weighted by atomic mass is 10.0. The molecule has 5 rings (SSSR count). The molecular weight excluding hydrogens is 522 g/mol. The normalized spacial score (nSPS) is 17.4. The Labute approximate surface area is 218 Å². The van der Waals surface area contributed by atoms with Gasteiger partial charge in [0.15, 0.2) is 11.6 Å². The minimum absolute atomic E-state index is 0.000827. The van der Waals surface area contributed by atoms with Gasteiger partial charge in [0.2, 0.25) is 17.6 Å². The van der Waals surface area contributed by atoms with Crippen molar-refractivity contribution < 1.29 is 32.7 Å². The van der Waals surface area contributed by atoms with Crippen LogP contribution in [0.15, 0.2) is 18.2 Å². The molecule has 0 aliphatic carbocycles. The van der Waals surface area contributed by atoms with Crippen LogP contribution in [0.2, 0.25) is 0 Å². The highest BCUT2D eigenvalue weighted by atomic mass is 32.1.